The number of aromatic nitrogens is 2. The summed E-state index contributed by atoms with van der Waals surface area (Å²) in [5, 5.41) is 14.8. The molecule has 1 unspecified atom stereocenters. The first-order valence-electron chi connectivity index (χ1n) is 5.17. The molecule has 17 heavy (non-hydrogen) atoms. The van der Waals surface area contributed by atoms with E-state index in [-0.39, 0.29) is 0 Å². The standard InChI is InChI=1S/C12H12BrClN2O/c1-16-7-8(6-15-16)5-11(17)9-3-2-4-10(13)12(9)14/h2-4,6-7,11,17H,5H2,1H3. The predicted octanol–water partition coefficient (Wildman–Crippen LogP) is 3.11. The van der Waals surface area contributed by atoms with Crippen LogP contribution in [0.1, 0.15) is 17.2 Å². The van der Waals surface area contributed by atoms with E-state index in [4.69, 9.17) is 11.6 Å². The topological polar surface area (TPSA) is 38.0 Å². The van der Waals surface area contributed by atoms with Gasteiger partial charge >= 0.3 is 0 Å². The SMILES string of the molecule is Cn1cc(CC(O)c2cccc(Br)c2Cl)cn1. The van der Waals surface area contributed by atoms with Gasteiger partial charge in [-0.05, 0) is 27.6 Å². The molecule has 0 bridgehead atoms. The van der Waals surface area contributed by atoms with E-state index in [1.54, 1.807) is 10.9 Å². The Balaban J connectivity index is 2.20. The molecule has 3 nitrogen and oxygen atoms in total. The Morgan fingerprint density at radius 1 is 1.53 bits per heavy atom. The maximum atomic E-state index is 10.1. The molecule has 90 valence electrons. The summed E-state index contributed by atoms with van der Waals surface area (Å²) >= 11 is 9.48. The van der Waals surface area contributed by atoms with Crippen molar-refractivity contribution in [3.8, 4) is 0 Å². The molecule has 2 aromatic rings. The molecular weight excluding hydrogens is 304 g/mol. The summed E-state index contributed by atoms with van der Waals surface area (Å²) in [6.07, 6.45) is 3.51. The molecule has 1 aromatic heterocycles. The number of nitrogens with zero attached hydrogens (tertiary/aromatic N) is 2. The number of aliphatic hydroxyl groups is 1. The second kappa shape index (κ2) is 5.21. The van der Waals surface area contributed by atoms with Crippen LogP contribution in [-0.2, 0) is 13.5 Å². The maximum absolute atomic E-state index is 10.1. The van der Waals surface area contributed by atoms with Crippen LogP contribution >= 0.6 is 27.5 Å². The fourth-order valence-corrected chi connectivity index (χ4v) is 2.32. The quantitative estimate of drug-likeness (QED) is 0.945. The maximum Gasteiger partial charge on any atom is 0.0846 e. The molecular formula is C12H12BrClN2O. The van der Waals surface area contributed by atoms with Crippen molar-refractivity contribution in [1.82, 2.24) is 9.78 Å². The number of hydrogen-bond donors (Lipinski definition) is 1. The van der Waals surface area contributed by atoms with Crippen molar-refractivity contribution < 1.29 is 5.11 Å². The van der Waals surface area contributed by atoms with Crippen molar-refractivity contribution in [1.29, 1.82) is 0 Å². The molecule has 0 saturated carbocycles. The van der Waals surface area contributed by atoms with Crippen LogP contribution in [-0.4, -0.2) is 14.9 Å². The van der Waals surface area contributed by atoms with Gasteiger partial charge in [0, 0.05) is 29.7 Å². The Morgan fingerprint density at radius 3 is 2.94 bits per heavy atom. The number of aliphatic hydroxyl groups excluding tert-OH is 1. The summed E-state index contributed by atoms with van der Waals surface area (Å²) < 4.78 is 2.51. The Morgan fingerprint density at radius 2 is 2.29 bits per heavy atom. The Labute approximate surface area is 113 Å². The van der Waals surface area contributed by atoms with E-state index >= 15 is 0 Å². The Kier molecular flexibility index (Phi) is 3.86. The zero-order valence-corrected chi connectivity index (χ0v) is 11.6. The molecule has 0 aliphatic heterocycles. The number of hydrogen-bond acceptors (Lipinski definition) is 2. The lowest BCUT2D eigenvalue weighted by Gasteiger charge is -2.12. The largest absolute Gasteiger partial charge is 0.388 e. The first-order chi connectivity index (χ1) is 8.08. The normalized spacial score (nSPS) is 12.7. The first kappa shape index (κ1) is 12.6. The van der Waals surface area contributed by atoms with Crippen LogP contribution in [0.25, 0.3) is 0 Å². The van der Waals surface area contributed by atoms with Crippen molar-refractivity contribution in [2.45, 2.75) is 12.5 Å². The van der Waals surface area contributed by atoms with Crippen LogP contribution < -0.4 is 0 Å². The fourth-order valence-electron chi connectivity index (χ4n) is 1.69. The monoisotopic (exact) mass is 314 g/mol. The van der Waals surface area contributed by atoms with Gasteiger partial charge in [0.2, 0.25) is 0 Å². The van der Waals surface area contributed by atoms with Crippen LogP contribution in [0.15, 0.2) is 35.1 Å². The number of halogens is 2. The van der Waals surface area contributed by atoms with Gasteiger partial charge in [0.1, 0.15) is 0 Å². The van der Waals surface area contributed by atoms with Crippen LogP contribution in [0.3, 0.4) is 0 Å². The van der Waals surface area contributed by atoms with Crippen LogP contribution in [0, 0.1) is 0 Å². The van der Waals surface area contributed by atoms with E-state index in [0.717, 1.165) is 15.6 Å². The molecule has 5 heteroatoms. The van der Waals surface area contributed by atoms with Gasteiger partial charge in [0.15, 0.2) is 0 Å². The highest BCUT2D eigenvalue weighted by Gasteiger charge is 2.14. The lowest BCUT2D eigenvalue weighted by molar-refractivity contribution is 0.178. The van der Waals surface area contributed by atoms with E-state index < -0.39 is 6.10 Å². The molecule has 1 N–H and O–H groups in total. The summed E-state index contributed by atoms with van der Waals surface area (Å²) in [6, 6.07) is 5.54. The van der Waals surface area contributed by atoms with Crippen LogP contribution in [0.5, 0.6) is 0 Å². The fraction of sp³-hybridized carbons (Fsp3) is 0.250. The molecule has 0 radical (unpaired) electrons. The summed E-state index contributed by atoms with van der Waals surface area (Å²) in [5.41, 5.74) is 1.71. The third-order valence-corrected chi connectivity index (χ3v) is 3.84. The van der Waals surface area contributed by atoms with E-state index in [1.807, 2.05) is 31.4 Å². The average molecular weight is 316 g/mol. The van der Waals surface area contributed by atoms with Gasteiger partial charge in [0.25, 0.3) is 0 Å². The molecule has 0 spiro atoms. The lowest BCUT2D eigenvalue weighted by Crippen LogP contribution is -2.02. The molecule has 0 fully saturated rings. The molecule has 0 saturated heterocycles. The van der Waals surface area contributed by atoms with Crippen molar-refractivity contribution in [2.24, 2.45) is 7.05 Å². The number of benzene rings is 1. The molecule has 0 aliphatic rings. The van der Waals surface area contributed by atoms with Gasteiger partial charge in [0.05, 0.1) is 17.3 Å². The highest BCUT2D eigenvalue weighted by Crippen LogP contribution is 2.31. The second-order valence-electron chi connectivity index (χ2n) is 3.89. The number of rotatable bonds is 3. The molecule has 2 rings (SSSR count). The van der Waals surface area contributed by atoms with E-state index in [0.29, 0.717) is 11.4 Å². The third kappa shape index (κ3) is 2.89. The van der Waals surface area contributed by atoms with Crippen LogP contribution in [0.4, 0.5) is 0 Å². The Hall–Kier alpha value is -0.840. The van der Waals surface area contributed by atoms with Gasteiger partial charge in [-0.2, -0.15) is 5.10 Å². The first-order valence-corrected chi connectivity index (χ1v) is 6.34. The highest BCUT2D eigenvalue weighted by molar-refractivity contribution is 9.10. The van der Waals surface area contributed by atoms with Crippen molar-refractivity contribution in [3.05, 3.63) is 51.2 Å². The van der Waals surface area contributed by atoms with Gasteiger partial charge in [-0.3, -0.25) is 4.68 Å². The molecule has 0 amide bonds. The third-order valence-electron chi connectivity index (χ3n) is 2.53. The molecule has 0 aliphatic carbocycles. The predicted molar refractivity (Wildman–Crippen MR) is 71.0 cm³/mol. The number of aryl methyl sites for hydroxylation is 1. The summed E-state index contributed by atoms with van der Waals surface area (Å²) in [4.78, 5) is 0. The van der Waals surface area contributed by atoms with Gasteiger partial charge in [-0.25, -0.2) is 0 Å². The average Bonchev–Trinajstić information content (AvgIpc) is 2.68. The minimum atomic E-state index is -0.621. The van der Waals surface area contributed by atoms with Crippen molar-refractivity contribution in [3.63, 3.8) is 0 Å². The minimum absolute atomic E-state index is 0.504. The smallest absolute Gasteiger partial charge is 0.0846 e. The zero-order valence-electron chi connectivity index (χ0n) is 9.27. The second-order valence-corrected chi connectivity index (χ2v) is 5.12. The summed E-state index contributed by atoms with van der Waals surface area (Å²) in [7, 11) is 1.85. The van der Waals surface area contributed by atoms with E-state index in [9.17, 15) is 5.11 Å². The van der Waals surface area contributed by atoms with Crippen LogP contribution in [0.2, 0.25) is 5.02 Å². The van der Waals surface area contributed by atoms with Gasteiger partial charge in [-0.15, -0.1) is 0 Å². The van der Waals surface area contributed by atoms with E-state index in [1.165, 1.54) is 0 Å². The van der Waals surface area contributed by atoms with Gasteiger partial charge in [-0.1, -0.05) is 23.7 Å². The molecule has 1 aromatic carbocycles. The minimum Gasteiger partial charge on any atom is -0.388 e. The molecule has 1 heterocycles. The van der Waals surface area contributed by atoms with Crippen molar-refractivity contribution >= 4 is 27.5 Å². The Bertz CT molecular complexity index is 527. The zero-order chi connectivity index (χ0) is 12.4. The van der Waals surface area contributed by atoms with Crippen molar-refractivity contribution in [2.75, 3.05) is 0 Å². The van der Waals surface area contributed by atoms with Gasteiger partial charge < -0.3 is 5.11 Å². The highest BCUT2D eigenvalue weighted by atomic mass is 79.9. The summed E-state index contributed by atoms with van der Waals surface area (Å²) in [6.45, 7) is 0. The molecule has 1 atom stereocenters. The van der Waals surface area contributed by atoms with E-state index in [2.05, 4.69) is 21.0 Å². The lowest BCUT2D eigenvalue weighted by atomic mass is 10.0. The summed E-state index contributed by atoms with van der Waals surface area (Å²) in [5.74, 6) is 0.